The van der Waals surface area contributed by atoms with E-state index < -0.39 is 6.43 Å². The van der Waals surface area contributed by atoms with Gasteiger partial charge in [0.25, 0.3) is 6.43 Å². The highest BCUT2D eigenvalue weighted by atomic mass is 19.3. The Morgan fingerprint density at radius 1 is 1.19 bits per heavy atom. The first-order chi connectivity index (χ1) is 13.0. The molecule has 0 aliphatic heterocycles. The molecule has 3 heterocycles. The molecule has 4 rings (SSSR count). The molecular weight excluding hydrogens is 354 g/mol. The second-order valence-electron chi connectivity index (χ2n) is 5.93. The molecule has 27 heavy (non-hydrogen) atoms. The lowest BCUT2D eigenvalue weighted by molar-refractivity contribution is 0.151. The standard InChI is InChI=1S/C18H16F2N6O/c1-26-18-12(9-21-26)14(27-2)8-15(23-18)22-16-7-13(24-25-16)10-4-3-5-11(6-10)17(19)20/h3-9,17H,1-2H3,(H2,22,23,24,25). The molecule has 3 aromatic heterocycles. The molecule has 0 spiro atoms. The van der Waals surface area contributed by atoms with Gasteiger partial charge in [0.1, 0.15) is 11.6 Å². The molecule has 0 saturated carbocycles. The van der Waals surface area contributed by atoms with E-state index in [0.29, 0.717) is 34.3 Å². The van der Waals surface area contributed by atoms with Crippen molar-refractivity contribution in [2.75, 3.05) is 12.4 Å². The van der Waals surface area contributed by atoms with Crippen LogP contribution >= 0.6 is 0 Å². The number of ether oxygens (including phenoxy) is 1. The number of hydrogen-bond acceptors (Lipinski definition) is 5. The number of anilines is 2. The summed E-state index contributed by atoms with van der Waals surface area (Å²) in [6.45, 7) is 0. The minimum atomic E-state index is -2.52. The number of nitrogens with zero attached hydrogens (tertiary/aromatic N) is 4. The molecule has 0 aliphatic carbocycles. The van der Waals surface area contributed by atoms with E-state index >= 15 is 0 Å². The number of fused-ring (bicyclic) bond motifs is 1. The van der Waals surface area contributed by atoms with Crippen molar-refractivity contribution >= 4 is 22.7 Å². The van der Waals surface area contributed by atoms with Crippen molar-refractivity contribution in [3.8, 4) is 17.0 Å². The predicted octanol–water partition coefficient (Wildman–Crippen LogP) is 4.05. The van der Waals surface area contributed by atoms with E-state index in [2.05, 4.69) is 25.6 Å². The van der Waals surface area contributed by atoms with Gasteiger partial charge in [-0.1, -0.05) is 18.2 Å². The monoisotopic (exact) mass is 370 g/mol. The third kappa shape index (κ3) is 3.19. The zero-order chi connectivity index (χ0) is 19.0. The number of benzene rings is 1. The summed E-state index contributed by atoms with van der Waals surface area (Å²) in [5.74, 6) is 1.67. The number of nitrogens with one attached hydrogen (secondary N) is 2. The Hall–Kier alpha value is -3.49. The lowest BCUT2D eigenvalue weighted by Gasteiger charge is -2.06. The molecule has 0 unspecified atom stereocenters. The van der Waals surface area contributed by atoms with E-state index in [-0.39, 0.29) is 5.56 Å². The zero-order valence-corrected chi connectivity index (χ0v) is 14.6. The Balaban J connectivity index is 1.64. The summed E-state index contributed by atoms with van der Waals surface area (Å²) in [5, 5.41) is 15.1. The molecule has 0 saturated heterocycles. The van der Waals surface area contributed by atoms with Crippen LogP contribution in [0.15, 0.2) is 42.6 Å². The first-order valence-electron chi connectivity index (χ1n) is 8.13. The molecular formula is C18H16F2N6O. The maximum Gasteiger partial charge on any atom is 0.263 e. The smallest absolute Gasteiger partial charge is 0.263 e. The molecule has 0 aliphatic rings. The van der Waals surface area contributed by atoms with Gasteiger partial charge < -0.3 is 10.1 Å². The molecule has 0 bridgehead atoms. The molecule has 1 aromatic carbocycles. The number of hydrogen-bond donors (Lipinski definition) is 2. The molecule has 0 fully saturated rings. The number of halogens is 2. The summed E-state index contributed by atoms with van der Waals surface area (Å²) < 4.78 is 32.8. The van der Waals surface area contributed by atoms with Crippen molar-refractivity contribution in [1.82, 2.24) is 25.0 Å². The van der Waals surface area contributed by atoms with Crippen molar-refractivity contribution in [3.63, 3.8) is 0 Å². The van der Waals surface area contributed by atoms with Crippen LogP contribution in [0, 0.1) is 0 Å². The highest BCUT2D eigenvalue weighted by Gasteiger charge is 2.13. The number of aromatic nitrogens is 5. The van der Waals surface area contributed by atoms with Gasteiger partial charge in [0, 0.05) is 30.3 Å². The topological polar surface area (TPSA) is 80.7 Å². The average molecular weight is 370 g/mol. The summed E-state index contributed by atoms with van der Waals surface area (Å²) in [6, 6.07) is 9.63. The number of H-pyrrole nitrogens is 1. The Bertz CT molecular complexity index is 1100. The van der Waals surface area contributed by atoms with Crippen molar-refractivity contribution in [2.45, 2.75) is 6.43 Å². The Morgan fingerprint density at radius 3 is 2.81 bits per heavy atom. The van der Waals surface area contributed by atoms with Gasteiger partial charge in [-0.05, 0) is 6.07 Å². The van der Waals surface area contributed by atoms with E-state index in [4.69, 9.17) is 4.74 Å². The Kier molecular flexibility index (Phi) is 4.19. The van der Waals surface area contributed by atoms with E-state index in [9.17, 15) is 8.78 Å². The lowest BCUT2D eigenvalue weighted by Crippen LogP contribution is -1.98. The van der Waals surface area contributed by atoms with Gasteiger partial charge >= 0.3 is 0 Å². The summed E-state index contributed by atoms with van der Waals surface area (Å²) in [4.78, 5) is 4.51. The largest absolute Gasteiger partial charge is 0.496 e. The van der Waals surface area contributed by atoms with Crippen LogP contribution in [0.2, 0.25) is 0 Å². The van der Waals surface area contributed by atoms with Gasteiger partial charge in [0.2, 0.25) is 0 Å². The van der Waals surface area contributed by atoms with E-state index in [1.165, 1.54) is 12.1 Å². The molecule has 4 aromatic rings. The van der Waals surface area contributed by atoms with Gasteiger partial charge in [0.15, 0.2) is 11.5 Å². The highest BCUT2D eigenvalue weighted by Crippen LogP contribution is 2.29. The third-order valence-corrected chi connectivity index (χ3v) is 4.17. The van der Waals surface area contributed by atoms with Crippen LogP contribution in [0.3, 0.4) is 0 Å². The zero-order valence-electron chi connectivity index (χ0n) is 14.6. The molecule has 0 amide bonds. The number of methoxy groups -OCH3 is 1. The maximum absolute atomic E-state index is 12.9. The SMILES string of the molecule is COc1cc(Nc2cc(-c3cccc(C(F)F)c3)[nH]n2)nc2c1cnn2C. The van der Waals surface area contributed by atoms with Crippen molar-refractivity contribution < 1.29 is 13.5 Å². The van der Waals surface area contributed by atoms with Crippen LogP contribution < -0.4 is 10.1 Å². The van der Waals surface area contributed by atoms with E-state index in [1.807, 2.05) is 0 Å². The third-order valence-electron chi connectivity index (χ3n) is 4.17. The number of alkyl halides is 2. The average Bonchev–Trinajstić information content (AvgIpc) is 3.29. The summed E-state index contributed by atoms with van der Waals surface area (Å²) in [6.07, 6.45) is -0.833. The van der Waals surface area contributed by atoms with Crippen LogP contribution in [0.4, 0.5) is 20.4 Å². The number of aryl methyl sites for hydroxylation is 1. The molecule has 0 radical (unpaired) electrons. The normalized spacial score (nSPS) is 11.3. The van der Waals surface area contributed by atoms with Gasteiger partial charge in [0.05, 0.1) is 24.4 Å². The van der Waals surface area contributed by atoms with Crippen LogP contribution in [0.1, 0.15) is 12.0 Å². The highest BCUT2D eigenvalue weighted by molar-refractivity contribution is 5.84. The predicted molar refractivity (Wildman–Crippen MR) is 97.3 cm³/mol. The molecule has 0 atom stereocenters. The minimum Gasteiger partial charge on any atom is -0.496 e. The Labute approximate surface area is 153 Å². The van der Waals surface area contributed by atoms with Gasteiger partial charge in [-0.15, -0.1) is 0 Å². The summed E-state index contributed by atoms with van der Waals surface area (Å²) in [5.41, 5.74) is 1.87. The van der Waals surface area contributed by atoms with Crippen LogP contribution in [-0.4, -0.2) is 32.1 Å². The maximum atomic E-state index is 12.9. The quantitative estimate of drug-likeness (QED) is 0.554. The second kappa shape index (κ2) is 6.67. The van der Waals surface area contributed by atoms with E-state index in [1.54, 1.807) is 49.3 Å². The number of aromatic amines is 1. The van der Waals surface area contributed by atoms with Gasteiger partial charge in [-0.3, -0.25) is 9.78 Å². The second-order valence-corrected chi connectivity index (χ2v) is 5.93. The first kappa shape index (κ1) is 17.0. The fraction of sp³-hybridized carbons (Fsp3) is 0.167. The first-order valence-corrected chi connectivity index (χ1v) is 8.13. The molecule has 2 N–H and O–H groups in total. The van der Waals surface area contributed by atoms with Crippen molar-refractivity contribution in [2.24, 2.45) is 7.05 Å². The molecule has 7 nitrogen and oxygen atoms in total. The number of pyridine rings is 1. The van der Waals surface area contributed by atoms with Gasteiger partial charge in [-0.2, -0.15) is 10.2 Å². The summed E-state index contributed by atoms with van der Waals surface area (Å²) >= 11 is 0. The number of rotatable bonds is 5. The fourth-order valence-corrected chi connectivity index (χ4v) is 2.83. The molecule has 9 heteroatoms. The van der Waals surface area contributed by atoms with Crippen molar-refractivity contribution in [1.29, 1.82) is 0 Å². The lowest BCUT2D eigenvalue weighted by atomic mass is 10.1. The minimum absolute atomic E-state index is 0.0373. The van der Waals surface area contributed by atoms with Crippen LogP contribution in [0.25, 0.3) is 22.3 Å². The van der Waals surface area contributed by atoms with Crippen molar-refractivity contribution in [3.05, 3.63) is 48.2 Å². The summed E-state index contributed by atoms with van der Waals surface area (Å²) in [7, 11) is 3.37. The van der Waals surface area contributed by atoms with Crippen LogP contribution in [0.5, 0.6) is 5.75 Å². The van der Waals surface area contributed by atoms with E-state index in [0.717, 1.165) is 5.39 Å². The Morgan fingerprint density at radius 2 is 2.04 bits per heavy atom. The van der Waals surface area contributed by atoms with Gasteiger partial charge in [-0.25, -0.2) is 13.8 Å². The van der Waals surface area contributed by atoms with Crippen LogP contribution in [-0.2, 0) is 7.05 Å². The fourth-order valence-electron chi connectivity index (χ4n) is 2.83. The molecule has 138 valence electrons.